The van der Waals surface area contributed by atoms with Crippen LogP contribution in [0.15, 0.2) is 10.7 Å². The molecule has 0 N–H and O–H groups in total. The van der Waals surface area contributed by atoms with Crippen molar-refractivity contribution < 1.29 is 18.3 Å². The zero-order chi connectivity index (χ0) is 12.3. The largest absolute Gasteiger partial charge is 0.461 e. The summed E-state index contributed by atoms with van der Waals surface area (Å²) in [6.45, 7) is 1.87. The van der Waals surface area contributed by atoms with Gasteiger partial charge in [-0.15, -0.1) is 0 Å². The van der Waals surface area contributed by atoms with Gasteiger partial charge in [-0.1, -0.05) is 0 Å². The number of pyridine rings is 1. The van der Waals surface area contributed by atoms with Gasteiger partial charge in [-0.05, 0) is 51.5 Å². The Bertz CT molecular complexity index is 391. The van der Waals surface area contributed by atoms with Crippen LogP contribution in [-0.2, 0) is 4.74 Å². The average Bonchev–Trinajstić information content (AvgIpc) is 2.16. The van der Waals surface area contributed by atoms with Crippen molar-refractivity contribution >= 4 is 44.5 Å². The number of rotatable bonds is 3. The van der Waals surface area contributed by atoms with Crippen LogP contribution in [0.5, 0.6) is 0 Å². The molecule has 0 aliphatic heterocycles. The lowest BCUT2D eigenvalue weighted by atomic mass is 10.2. The average molecular weight is 406 g/mol. The third-order valence-electron chi connectivity index (χ3n) is 1.66. The van der Waals surface area contributed by atoms with E-state index >= 15 is 0 Å². The molecule has 0 atom stereocenters. The maximum Gasteiger partial charge on any atom is 0.356 e. The first kappa shape index (κ1) is 13.8. The van der Waals surface area contributed by atoms with E-state index in [1.807, 2.05) is 0 Å². The van der Waals surface area contributed by atoms with Gasteiger partial charge < -0.3 is 4.74 Å². The molecule has 1 aromatic heterocycles. The summed E-state index contributed by atoms with van der Waals surface area (Å²) in [4.78, 5) is 15.1. The molecule has 7 heteroatoms. The van der Waals surface area contributed by atoms with E-state index in [9.17, 15) is 13.6 Å². The molecular formula is C9H7BrF2INO2. The molecule has 0 saturated heterocycles. The van der Waals surface area contributed by atoms with E-state index in [2.05, 4.69) is 20.9 Å². The molecule has 1 aromatic rings. The number of halogens is 4. The number of carbonyl (C=O) groups is 1. The molecule has 0 bridgehead atoms. The fourth-order valence-corrected chi connectivity index (χ4v) is 2.73. The van der Waals surface area contributed by atoms with Crippen LogP contribution in [0, 0.1) is 3.57 Å². The summed E-state index contributed by atoms with van der Waals surface area (Å²) in [5.74, 6) is -0.623. The van der Waals surface area contributed by atoms with Crippen molar-refractivity contribution in [3.63, 3.8) is 0 Å². The molecular weight excluding hydrogens is 399 g/mol. The molecule has 88 valence electrons. The first-order valence-corrected chi connectivity index (χ1v) is 6.15. The number of nitrogens with zero attached hydrogens (tertiary/aromatic N) is 1. The second-order valence-electron chi connectivity index (χ2n) is 2.71. The first-order valence-electron chi connectivity index (χ1n) is 4.28. The fraction of sp³-hybridized carbons (Fsp3) is 0.333. The van der Waals surface area contributed by atoms with E-state index in [0.29, 0.717) is 0 Å². The Morgan fingerprint density at radius 3 is 2.75 bits per heavy atom. The first-order chi connectivity index (χ1) is 7.47. The predicted octanol–water partition coefficient (Wildman–Crippen LogP) is 3.56. The van der Waals surface area contributed by atoms with Crippen molar-refractivity contribution in [3.05, 3.63) is 25.5 Å². The minimum absolute atomic E-state index is 0.0162. The fourth-order valence-electron chi connectivity index (χ4n) is 0.998. The smallest absolute Gasteiger partial charge is 0.356 e. The molecule has 0 amide bonds. The van der Waals surface area contributed by atoms with Crippen molar-refractivity contribution in [2.24, 2.45) is 0 Å². The van der Waals surface area contributed by atoms with Crippen LogP contribution in [0.3, 0.4) is 0 Å². The zero-order valence-corrected chi connectivity index (χ0v) is 11.9. The van der Waals surface area contributed by atoms with Crippen molar-refractivity contribution in [2.75, 3.05) is 6.61 Å². The maximum atomic E-state index is 12.6. The standard InChI is InChI=1S/C9H7BrF2INO2/c1-2-16-9(15)5-3-4(13)6(8(11)12)7(10)14-5/h3,8H,2H2,1H3. The van der Waals surface area contributed by atoms with Crippen LogP contribution < -0.4 is 0 Å². The van der Waals surface area contributed by atoms with Crippen molar-refractivity contribution in [1.29, 1.82) is 0 Å². The van der Waals surface area contributed by atoms with E-state index in [0.717, 1.165) is 0 Å². The number of aromatic nitrogens is 1. The summed E-state index contributed by atoms with van der Waals surface area (Å²) in [5, 5.41) is 0. The third kappa shape index (κ3) is 3.09. The van der Waals surface area contributed by atoms with Gasteiger partial charge in [0.1, 0.15) is 4.60 Å². The van der Waals surface area contributed by atoms with E-state index < -0.39 is 12.4 Å². The Morgan fingerprint density at radius 1 is 1.69 bits per heavy atom. The van der Waals surface area contributed by atoms with Gasteiger partial charge in [0.2, 0.25) is 0 Å². The molecule has 0 radical (unpaired) electrons. The van der Waals surface area contributed by atoms with Gasteiger partial charge in [0.25, 0.3) is 6.43 Å². The van der Waals surface area contributed by atoms with E-state index in [4.69, 9.17) is 4.74 Å². The van der Waals surface area contributed by atoms with E-state index in [-0.39, 0.29) is 26.0 Å². The lowest BCUT2D eigenvalue weighted by Crippen LogP contribution is -2.09. The van der Waals surface area contributed by atoms with E-state index in [1.54, 1.807) is 29.5 Å². The van der Waals surface area contributed by atoms with Gasteiger partial charge in [-0.3, -0.25) is 0 Å². The highest BCUT2D eigenvalue weighted by atomic mass is 127. The Kier molecular flexibility index (Phi) is 5.03. The molecule has 0 aromatic carbocycles. The minimum atomic E-state index is -2.63. The number of alkyl halides is 2. The third-order valence-corrected chi connectivity index (χ3v) is 3.16. The highest BCUT2D eigenvalue weighted by molar-refractivity contribution is 14.1. The van der Waals surface area contributed by atoms with Gasteiger partial charge >= 0.3 is 5.97 Å². The molecule has 3 nitrogen and oxygen atoms in total. The van der Waals surface area contributed by atoms with Gasteiger partial charge in [0, 0.05) is 3.57 Å². The number of ether oxygens (including phenoxy) is 1. The molecule has 16 heavy (non-hydrogen) atoms. The van der Waals surface area contributed by atoms with Crippen LogP contribution in [0.2, 0.25) is 0 Å². The van der Waals surface area contributed by atoms with E-state index in [1.165, 1.54) is 6.07 Å². The van der Waals surface area contributed by atoms with Crippen molar-refractivity contribution in [3.8, 4) is 0 Å². The van der Waals surface area contributed by atoms with Crippen molar-refractivity contribution in [1.82, 2.24) is 4.98 Å². The monoisotopic (exact) mass is 405 g/mol. The Balaban J connectivity index is 3.14. The molecule has 0 saturated carbocycles. The predicted molar refractivity (Wildman–Crippen MR) is 65.6 cm³/mol. The topological polar surface area (TPSA) is 39.2 Å². The lowest BCUT2D eigenvalue weighted by Gasteiger charge is -2.08. The van der Waals surface area contributed by atoms with Crippen LogP contribution in [0.1, 0.15) is 29.4 Å². The zero-order valence-electron chi connectivity index (χ0n) is 8.14. The second-order valence-corrected chi connectivity index (χ2v) is 4.63. The molecule has 0 fully saturated rings. The summed E-state index contributed by atoms with van der Waals surface area (Å²) in [7, 11) is 0. The summed E-state index contributed by atoms with van der Waals surface area (Å²) >= 11 is 4.65. The Morgan fingerprint density at radius 2 is 2.31 bits per heavy atom. The number of hydrogen-bond donors (Lipinski definition) is 0. The van der Waals surface area contributed by atoms with Crippen LogP contribution >= 0.6 is 38.5 Å². The Labute approximate surface area is 113 Å². The quantitative estimate of drug-likeness (QED) is 0.438. The highest BCUT2D eigenvalue weighted by Crippen LogP contribution is 2.30. The molecule has 1 rings (SSSR count). The highest BCUT2D eigenvalue weighted by Gasteiger charge is 2.20. The SMILES string of the molecule is CCOC(=O)c1cc(I)c(C(F)F)c(Br)n1. The molecule has 0 spiro atoms. The summed E-state index contributed by atoms with van der Waals surface area (Å²) < 4.78 is 30.1. The van der Waals surface area contributed by atoms with Crippen LogP contribution in [-0.4, -0.2) is 17.6 Å². The summed E-state index contributed by atoms with van der Waals surface area (Å²) in [5.41, 5.74) is -0.198. The Hall–Kier alpha value is -0.310. The summed E-state index contributed by atoms with van der Waals surface area (Å²) in [6, 6.07) is 1.28. The molecule has 1 heterocycles. The second kappa shape index (κ2) is 5.85. The molecule has 0 aliphatic rings. The van der Waals surface area contributed by atoms with Gasteiger partial charge in [0.15, 0.2) is 5.69 Å². The number of hydrogen-bond acceptors (Lipinski definition) is 3. The number of carbonyl (C=O) groups excluding carboxylic acids is 1. The minimum Gasteiger partial charge on any atom is -0.461 e. The molecule has 0 unspecified atom stereocenters. The maximum absolute atomic E-state index is 12.6. The lowest BCUT2D eigenvalue weighted by molar-refractivity contribution is 0.0518. The van der Waals surface area contributed by atoms with Crippen molar-refractivity contribution in [2.45, 2.75) is 13.3 Å². The van der Waals surface area contributed by atoms with Crippen LogP contribution in [0.25, 0.3) is 0 Å². The number of esters is 1. The van der Waals surface area contributed by atoms with Gasteiger partial charge in [0.05, 0.1) is 12.2 Å². The summed E-state index contributed by atoms with van der Waals surface area (Å²) in [6.07, 6.45) is -2.63. The molecule has 0 aliphatic carbocycles. The normalized spacial score (nSPS) is 10.6. The van der Waals surface area contributed by atoms with Gasteiger partial charge in [-0.2, -0.15) is 0 Å². The van der Waals surface area contributed by atoms with Crippen LogP contribution in [0.4, 0.5) is 8.78 Å². The van der Waals surface area contributed by atoms with Gasteiger partial charge in [-0.25, -0.2) is 18.6 Å².